The molecule has 2 aliphatic rings. The summed E-state index contributed by atoms with van der Waals surface area (Å²) in [6.45, 7) is 0.979. The van der Waals surface area contributed by atoms with Crippen molar-refractivity contribution in [1.29, 1.82) is 0 Å². The van der Waals surface area contributed by atoms with E-state index in [2.05, 4.69) is 17.4 Å². The van der Waals surface area contributed by atoms with Gasteiger partial charge < -0.3 is 19.5 Å². The van der Waals surface area contributed by atoms with E-state index in [9.17, 15) is 0 Å². The van der Waals surface area contributed by atoms with Crippen LogP contribution in [0.25, 0.3) is 0 Å². The lowest BCUT2D eigenvalue weighted by Gasteiger charge is -2.43. The van der Waals surface area contributed by atoms with Crippen LogP contribution in [-0.4, -0.2) is 13.9 Å². The molecule has 1 aliphatic heterocycles. The van der Waals surface area contributed by atoms with Gasteiger partial charge in [-0.3, -0.25) is 0 Å². The van der Waals surface area contributed by atoms with Gasteiger partial charge in [0.1, 0.15) is 5.75 Å². The predicted octanol–water partition coefficient (Wildman–Crippen LogP) is 4.25. The first-order chi connectivity index (χ1) is 11.7. The second kappa shape index (κ2) is 6.19. The molecule has 1 N–H and O–H groups in total. The molecule has 4 rings (SSSR count). The van der Waals surface area contributed by atoms with E-state index in [1.165, 1.54) is 12.0 Å². The van der Waals surface area contributed by atoms with Crippen LogP contribution in [-0.2, 0) is 12.1 Å². The normalized spacial score (nSPS) is 17.4. The molecule has 0 atom stereocenters. The molecule has 0 spiro atoms. The highest BCUT2D eigenvalue weighted by molar-refractivity contribution is 6.30. The minimum absolute atomic E-state index is 0.0198. The summed E-state index contributed by atoms with van der Waals surface area (Å²) in [7, 11) is 1.68. The Morgan fingerprint density at radius 3 is 2.46 bits per heavy atom. The lowest BCUT2D eigenvalue weighted by molar-refractivity contribution is 0.173. The van der Waals surface area contributed by atoms with Gasteiger partial charge in [-0.1, -0.05) is 23.7 Å². The number of rotatable bonds is 5. The number of nitrogens with one attached hydrogen (secondary N) is 1. The Hall–Kier alpha value is -1.91. The van der Waals surface area contributed by atoms with Crippen molar-refractivity contribution in [3.63, 3.8) is 0 Å². The van der Waals surface area contributed by atoms with E-state index >= 15 is 0 Å². The van der Waals surface area contributed by atoms with E-state index in [0.29, 0.717) is 6.54 Å². The Labute approximate surface area is 146 Å². The summed E-state index contributed by atoms with van der Waals surface area (Å²) in [5.74, 6) is 2.34. The van der Waals surface area contributed by atoms with Gasteiger partial charge in [-0.25, -0.2) is 0 Å². The van der Waals surface area contributed by atoms with Crippen LogP contribution in [0.3, 0.4) is 0 Å². The summed E-state index contributed by atoms with van der Waals surface area (Å²) in [5, 5.41) is 4.50. The summed E-state index contributed by atoms with van der Waals surface area (Å²) in [4.78, 5) is 0. The van der Waals surface area contributed by atoms with Crippen molar-refractivity contribution in [2.75, 3.05) is 13.9 Å². The topological polar surface area (TPSA) is 39.7 Å². The van der Waals surface area contributed by atoms with Crippen LogP contribution in [0.15, 0.2) is 36.4 Å². The van der Waals surface area contributed by atoms with Gasteiger partial charge in [0.2, 0.25) is 6.79 Å². The molecule has 0 unspecified atom stereocenters. The molecule has 1 fully saturated rings. The maximum Gasteiger partial charge on any atom is 0.231 e. The first-order valence-electron chi connectivity index (χ1n) is 8.18. The molecule has 0 aromatic heterocycles. The molecular weight excluding hydrogens is 326 g/mol. The van der Waals surface area contributed by atoms with Gasteiger partial charge in [-0.15, -0.1) is 0 Å². The predicted molar refractivity (Wildman–Crippen MR) is 92.9 cm³/mol. The van der Waals surface area contributed by atoms with Crippen LogP contribution >= 0.6 is 11.6 Å². The van der Waals surface area contributed by atoms with Crippen LogP contribution in [0.1, 0.15) is 30.4 Å². The number of methoxy groups -OCH3 is 1. The zero-order valence-corrected chi connectivity index (χ0v) is 14.4. The Balaban J connectivity index is 1.56. The maximum atomic E-state index is 6.03. The van der Waals surface area contributed by atoms with Crippen molar-refractivity contribution in [3.8, 4) is 17.2 Å². The molecular formula is C19H20ClNO3. The Morgan fingerprint density at radius 2 is 1.83 bits per heavy atom. The molecule has 0 bridgehead atoms. The van der Waals surface area contributed by atoms with Gasteiger partial charge in [-0.05, 0) is 43.0 Å². The monoisotopic (exact) mass is 345 g/mol. The standard InChI is InChI=1S/C19H20ClNO3/c1-22-16-10-18-17(23-12-24-18)9-13(16)11-21-19(7-2-8-19)14-3-5-15(20)6-4-14/h3-6,9-10,21H,2,7-8,11-12H2,1H3. The number of fused-ring (bicyclic) bond motifs is 1. The van der Waals surface area contributed by atoms with Gasteiger partial charge in [0.15, 0.2) is 11.5 Å². The molecule has 126 valence electrons. The van der Waals surface area contributed by atoms with Crippen molar-refractivity contribution in [1.82, 2.24) is 5.32 Å². The molecule has 24 heavy (non-hydrogen) atoms. The van der Waals surface area contributed by atoms with Gasteiger partial charge >= 0.3 is 0 Å². The highest BCUT2D eigenvalue weighted by atomic mass is 35.5. The third-order valence-electron chi connectivity index (χ3n) is 5.00. The van der Waals surface area contributed by atoms with Crippen molar-refractivity contribution >= 4 is 11.6 Å². The molecule has 0 amide bonds. The van der Waals surface area contributed by atoms with Crippen LogP contribution < -0.4 is 19.5 Å². The minimum Gasteiger partial charge on any atom is -0.496 e. The summed E-state index contributed by atoms with van der Waals surface area (Å²) in [6.07, 6.45) is 3.48. The summed E-state index contributed by atoms with van der Waals surface area (Å²) in [6, 6.07) is 12.0. The second-order valence-electron chi connectivity index (χ2n) is 6.31. The number of hydrogen-bond acceptors (Lipinski definition) is 4. The van der Waals surface area contributed by atoms with E-state index in [1.54, 1.807) is 7.11 Å². The first kappa shape index (κ1) is 15.6. The van der Waals surface area contributed by atoms with Gasteiger partial charge in [0.05, 0.1) is 7.11 Å². The van der Waals surface area contributed by atoms with Gasteiger partial charge in [0.25, 0.3) is 0 Å². The van der Waals surface area contributed by atoms with Gasteiger partial charge in [-0.2, -0.15) is 0 Å². The fourth-order valence-electron chi connectivity index (χ4n) is 3.42. The third kappa shape index (κ3) is 2.70. The summed E-state index contributed by atoms with van der Waals surface area (Å²) >= 11 is 6.03. The smallest absolute Gasteiger partial charge is 0.231 e. The number of hydrogen-bond donors (Lipinski definition) is 1. The largest absolute Gasteiger partial charge is 0.496 e. The Morgan fingerprint density at radius 1 is 1.12 bits per heavy atom. The van der Waals surface area contributed by atoms with E-state index in [4.69, 9.17) is 25.8 Å². The van der Waals surface area contributed by atoms with Crippen molar-refractivity contribution in [2.45, 2.75) is 31.3 Å². The lowest BCUT2D eigenvalue weighted by atomic mass is 9.71. The number of halogens is 1. The fourth-order valence-corrected chi connectivity index (χ4v) is 3.55. The van der Waals surface area contributed by atoms with E-state index in [-0.39, 0.29) is 12.3 Å². The van der Waals surface area contributed by atoms with Crippen LogP contribution in [0, 0.1) is 0 Å². The third-order valence-corrected chi connectivity index (χ3v) is 5.25. The van der Waals surface area contributed by atoms with Crippen LogP contribution in [0.5, 0.6) is 17.2 Å². The molecule has 0 radical (unpaired) electrons. The Kier molecular flexibility index (Phi) is 4.02. The highest BCUT2D eigenvalue weighted by Gasteiger charge is 2.38. The number of benzene rings is 2. The quantitative estimate of drug-likeness (QED) is 0.879. The molecule has 0 saturated heterocycles. The lowest BCUT2D eigenvalue weighted by Crippen LogP contribution is -2.47. The zero-order valence-electron chi connectivity index (χ0n) is 13.6. The summed E-state index contributed by atoms with van der Waals surface area (Å²) in [5.41, 5.74) is 2.38. The maximum absolute atomic E-state index is 6.03. The zero-order chi connectivity index (χ0) is 16.6. The minimum atomic E-state index is 0.0198. The van der Waals surface area contributed by atoms with E-state index in [1.807, 2.05) is 24.3 Å². The molecule has 2 aromatic rings. The highest BCUT2D eigenvalue weighted by Crippen LogP contribution is 2.43. The molecule has 1 saturated carbocycles. The first-order valence-corrected chi connectivity index (χ1v) is 8.56. The molecule has 1 heterocycles. The van der Waals surface area contributed by atoms with Crippen molar-refractivity contribution in [2.24, 2.45) is 0 Å². The molecule has 4 nitrogen and oxygen atoms in total. The second-order valence-corrected chi connectivity index (χ2v) is 6.75. The van der Waals surface area contributed by atoms with E-state index in [0.717, 1.165) is 40.7 Å². The summed E-state index contributed by atoms with van der Waals surface area (Å²) < 4.78 is 16.4. The average Bonchev–Trinajstić information content (AvgIpc) is 3.01. The fraction of sp³-hybridized carbons (Fsp3) is 0.368. The SMILES string of the molecule is COc1cc2c(cc1CNC1(c3ccc(Cl)cc3)CCC1)OCO2. The number of ether oxygens (including phenoxy) is 3. The molecule has 1 aliphatic carbocycles. The molecule has 5 heteroatoms. The van der Waals surface area contributed by atoms with Crippen LogP contribution in [0.2, 0.25) is 5.02 Å². The van der Waals surface area contributed by atoms with Crippen molar-refractivity contribution in [3.05, 3.63) is 52.5 Å². The average molecular weight is 346 g/mol. The molecule has 2 aromatic carbocycles. The van der Waals surface area contributed by atoms with Crippen LogP contribution in [0.4, 0.5) is 0 Å². The van der Waals surface area contributed by atoms with Gasteiger partial charge in [0, 0.05) is 28.7 Å². The Bertz CT molecular complexity index is 741. The van der Waals surface area contributed by atoms with E-state index < -0.39 is 0 Å². The van der Waals surface area contributed by atoms with Crippen molar-refractivity contribution < 1.29 is 14.2 Å².